The lowest BCUT2D eigenvalue weighted by molar-refractivity contribution is -0.128. The third kappa shape index (κ3) is 6.90. The molecule has 1 atom stereocenters. The van der Waals surface area contributed by atoms with E-state index in [4.69, 9.17) is 13.9 Å². The number of aliphatic hydroxyl groups is 1. The van der Waals surface area contributed by atoms with Crippen LogP contribution in [0.2, 0.25) is 0 Å². The molecule has 0 spiro atoms. The Kier molecular flexibility index (Phi) is 8.83. The van der Waals surface area contributed by atoms with Crippen molar-refractivity contribution in [1.82, 2.24) is 15.2 Å². The van der Waals surface area contributed by atoms with Gasteiger partial charge in [-0.15, -0.1) is 0 Å². The van der Waals surface area contributed by atoms with E-state index in [-0.39, 0.29) is 17.5 Å². The number of anilines is 1. The van der Waals surface area contributed by atoms with Gasteiger partial charge in [-0.1, -0.05) is 6.07 Å². The Labute approximate surface area is 215 Å². The number of rotatable bonds is 11. The van der Waals surface area contributed by atoms with Crippen LogP contribution >= 0.6 is 0 Å². The van der Waals surface area contributed by atoms with Gasteiger partial charge in [-0.3, -0.25) is 9.69 Å². The van der Waals surface area contributed by atoms with Crippen LogP contribution in [0.3, 0.4) is 0 Å². The first-order valence-corrected chi connectivity index (χ1v) is 12.8. The minimum absolute atomic E-state index is 0.223. The van der Waals surface area contributed by atoms with E-state index in [9.17, 15) is 14.3 Å². The Balaban J connectivity index is 1.32. The number of amides is 1. The molecule has 3 N–H and O–H groups in total. The normalized spacial score (nSPS) is 15.5. The van der Waals surface area contributed by atoms with E-state index in [1.165, 1.54) is 6.92 Å². The van der Waals surface area contributed by atoms with Crippen LogP contribution in [0.5, 0.6) is 11.5 Å². The summed E-state index contributed by atoms with van der Waals surface area (Å²) < 4.78 is 31.4. The number of carbonyl (C=O) groups is 1. The molecule has 3 aromatic rings. The molecule has 2 aromatic carbocycles. The molecule has 9 nitrogen and oxygen atoms in total. The van der Waals surface area contributed by atoms with Crippen molar-refractivity contribution in [3.8, 4) is 11.5 Å². The maximum Gasteiger partial charge on any atom is 0.295 e. The predicted octanol–water partition coefficient (Wildman–Crippen LogP) is 3.84. The lowest BCUT2D eigenvalue weighted by Gasteiger charge is -2.32. The van der Waals surface area contributed by atoms with Gasteiger partial charge in [0.25, 0.3) is 6.01 Å². The summed E-state index contributed by atoms with van der Waals surface area (Å²) in [5.74, 6) is -0.419. The average molecular weight is 515 g/mol. The predicted molar refractivity (Wildman–Crippen MR) is 138 cm³/mol. The molecule has 1 aromatic heterocycles. The molecule has 1 aliphatic heterocycles. The third-order valence-corrected chi connectivity index (χ3v) is 6.28. The molecule has 10 heteroatoms. The standard InChI is InChI=1S/C27H35FN4O5/c1-4-35-23-13-19(14-24(25(23)28)36-5-2)16-32-10-8-20(9-11-32)30-27-31-21-12-18(6-7-22(21)37-27)15-29-26(34)17(3)33/h6-7,12-14,17,20,33H,4-5,8-11,15-16H2,1-3H3,(H,29,34)(H,30,31). The van der Waals surface area contributed by atoms with E-state index >= 15 is 0 Å². The van der Waals surface area contributed by atoms with Gasteiger partial charge in [-0.25, -0.2) is 0 Å². The summed E-state index contributed by atoms with van der Waals surface area (Å²) in [6.45, 7) is 8.60. The van der Waals surface area contributed by atoms with Crippen molar-refractivity contribution in [2.24, 2.45) is 0 Å². The number of benzene rings is 2. The zero-order valence-corrected chi connectivity index (χ0v) is 21.6. The summed E-state index contributed by atoms with van der Waals surface area (Å²) in [5, 5.41) is 15.4. The van der Waals surface area contributed by atoms with Crippen molar-refractivity contribution in [2.45, 2.75) is 58.8 Å². The topological polar surface area (TPSA) is 109 Å². The van der Waals surface area contributed by atoms with Crippen LogP contribution in [0.1, 0.15) is 44.7 Å². The number of nitrogens with zero attached hydrogens (tertiary/aromatic N) is 2. The lowest BCUT2D eigenvalue weighted by Crippen LogP contribution is -2.38. The summed E-state index contributed by atoms with van der Waals surface area (Å²) in [5.41, 5.74) is 3.20. The van der Waals surface area contributed by atoms with Gasteiger partial charge in [0.2, 0.25) is 11.7 Å². The second kappa shape index (κ2) is 12.2. The number of fused-ring (bicyclic) bond motifs is 1. The van der Waals surface area contributed by atoms with Gasteiger partial charge < -0.3 is 29.6 Å². The van der Waals surface area contributed by atoms with E-state index < -0.39 is 17.8 Å². The molecule has 200 valence electrons. The molecule has 4 rings (SSSR count). The van der Waals surface area contributed by atoms with Crippen molar-refractivity contribution in [3.63, 3.8) is 0 Å². The molecule has 1 amide bonds. The maximum atomic E-state index is 14.5. The molecule has 2 heterocycles. The SMILES string of the molecule is CCOc1cc(CN2CCC(Nc3nc4cc(CNC(=O)C(C)O)ccc4o3)CC2)cc(OCC)c1F. The Hall–Kier alpha value is -3.37. The molecule has 1 unspecified atom stereocenters. The summed E-state index contributed by atoms with van der Waals surface area (Å²) in [4.78, 5) is 18.5. The van der Waals surface area contributed by atoms with Crippen LogP contribution in [0.25, 0.3) is 11.1 Å². The first-order chi connectivity index (χ1) is 17.9. The summed E-state index contributed by atoms with van der Waals surface area (Å²) in [6, 6.07) is 9.77. The monoisotopic (exact) mass is 514 g/mol. The summed E-state index contributed by atoms with van der Waals surface area (Å²) >= 11 is 0. The average Bonchev–Trinajstić information content (AvgIpc) is 3.28. The van der Waals surface area contributed by atoms with Gasteiger partial charge in [-0.05, 0) is 69.0 Å². The van der Waals surface area contributed by atoms with Crippen LogP contribution in [0, 0.1) is 5.82 Å². The number of likely N-dealkylation sites (tertiary alicyclic amines) is 1. The molecule has 0 bridgehead atoms. The van der Waals surface area contributed by atoms with Crippen LogP contribution < -0.4 is 20.1 Å². The van der Waals surface area contributed by atoms with Gasteiger partial charge >= 0.3 is 0 Å². The van der Waals surface area contributed by atoms with E-state index in [1.807, 2.05) is 32.0 Å². The molecule has 0 radical (unpaired) electrons. The first kappa shape index (κ1) is 26.7. The highest BCUT2D eigenvalue weighted by atomic mass is 19.1. The summed E-state index contributed by atoms with van der Waals surface area (Å²) in [7, 11) is 0. The Morgan fingerprint density at radius 1 is 1.16 bits per heavy atom. The Bertz CT molecular complexity index is 1180. The molecule has 0 aliphatic carbocycles. The maximum absolute atomic E-state index is 14.5. The largest absolute Gasteiger partial charge is 0.491 e. The van der Waals surface area contributed by atoms with Crippen LogP contribution in [-0.2, 0) is 17.9 Å². The van der Waals surface area contributed by atoms with E-state index in [1.54, 1.807) is 12.1 Å². The van der Waals surface area contributed by atoms with Crippen molar-refractivity contribution < 1.29 is 28.2 Å². The van der Waals surface area contributed by atoms with Crippen molar-refractivity contribution in [1.29, 1.82) is 0 Å². The van der Waals surface area contributed by atoms with E-state index in [0.29, 0.717) is 43.4 Å². The number of hydrogen-bond donors (Lipinski definition) is 3. The van der Waals surface area contributed by atoms with Crippen LogP contribution in [0.15, 0.2) is 34.7 Å². The Morgan fingerprint density at radius 2 is 1.84 bits per heavy atom. The highest BCUT2D eigenvalue weighted by molar-refractivity contribution is 5.80. The van der Waals surface area contributed by atoms with Crippen molar-refractivity contribution >= 4 is 23.0 Å². The number of ether oxygens (including phenoxy) is 2. The van der Waals surface area contributed by atoms with Crippen LogP contribution in [0.4, 0.5) is 10.4 Å². The second-order valence-electron chi connectivity index (χ2n) is 9.18. The Morgan fingerprint density at radius 3 is 2.46 bits per heavy atom. The van der Waals surface area contributed by atoms with Gasteiger partial charge in [0.1, 0.15) is 11.6 Å². The minimum Gasteiger partial charge on any atom is -0.491 e. The first-order valence-electron chi connectivity index (χ1n) is 12.8. The zero-order chi connectivity index (χ0) is 26.4. The van der Waals surface area contributed by atoms with Crippen molar-refractivity contribution in [2.75, 3.05) is 31.6 Å². The molecule has 37 heavy (non-hydrogen) atoms. The number of oxazole rings is 1. The number of halogens is 1. The third-order valence-electron chi connectivity index (χ3n) is 6.28. The smallest absolute Gasteiger partial charge is 0.295 e. The molecule has 1 saturated heterocycles. The quantitative estimate of drug-likeness (QED) is 0.354. The highest BCUT2D eigenvalue weighted by Gasteiger charge is 2.22. The van der Waals surface area contributed by atoms with Gasteiger partial charge in [0.15, 0.2) is 17.1 Å². The molecule has 1 fully saturated rings. The highest BCUT2D eigenvalue weighted by Crippen LogP contribution is 2.30. The van der Waals surface area contributed by atoms with Gasteiger partial charge in [0.05, 0.1) is 13.2 Å². The second-order valence-corrected chi connectivity index (χ2v) is 9.18. The van der Waals surface area contributed by atoms with E-state index in [2.05, 4.69) is 20.5 Å². The number of piperidine rings is 1. The van der Waals surface area contributed by atoms with Crippen molar-refractivity contribution in [3.05, 3.63) is 47.3 Å². The molecule has 0 saturated carbocycles. The lowest BCUT2D eigenvalue weighted by atomic mass is 10.0. The zero-order valence-electron chi connectivity index (χ0n) is 21.6. The van der Waals surface area contributed by atoms with Gasteiger partial charge in [-0.2, -0.15) is 9.37 Å². The fraction of sp³-hybridized carbons (Fsp3) is 0.481. The minimum atomic E-state index is -1.05. The fourth-order valence-corrected chi connectivity index (χ4v) is 4.39. The molecular formula is C27H35FN4O5. The number of nitrogens with one attached hydrogen (secondary N) is 2. The number of carbonyl (C=O) groups excluding carboxylic acids is 1. The number of aromatic nitrogens is 1. The number of aliphatic hydroxyl groups excluding tert-OH is 1. The van der Waals surface area contributed by atoms with E-state index in [0.717, 1.165) is 37.1 Å². The molecule has 1 aliphatic rings. The fourth-order valence-electron chi connectivity index (χ4n) is 4.39. The van der Waals surface area contributed by atoms with Crippen LogP contribution in [-0.4, -0.2) is 59.3 Å². The molecular weight excluding hydrogens is 479 g/mol. The van der Waals surface area contributed by atoms with Gasteiger partial charge in [0, 0.05) is 32.2 Å². The number of hydrogen-bond acceptors (Lipinski definition) is 8. The summed E-state index contributed by atoms with van der Waals surface area (Å²) in [6.07, 6.45) is 0.772.